The molecule has 1 aromatic carbocycles. The van der Waals surface area contributed by atoms with Gasteiger partial charge in [-0.25, -0.2) is 9.78 Å². The van der Waals surface area contributed by atoms with E-state index in [4.69, 9.17) is 9.47 Å². The van der Waals surface area contributed by atoms with Crippen molar-refractivity contribution in [2.45, 2.75) is 6.92 Å². The molecule has 0 atom stereocenters. The fourth-order valence-corrected chi connectivity index (χ4v) is 3.17. The summed E-state index contributed by atoms with van der Waals surface area (Å²) in [6, 6.07) is 2.26. The number of rotatable bonds is 5. The highest BCUT2D eigenvalue weighted by Crippen LogP contribution is 2.35. The Bertz CT molecular complexity index is 1360. The topological polar surface area (TPSA) is 148 Å². The molecule has 2 aromatic heterocycles. The quantitative estimate of drug-likeness (QED) is 0.469. The Kier molecular flexibility index (Phi) is 5.47. The highest BCUT2D eigenvalue weighted by Gasteiger charge is 2.26. The van der Waals surface area contributed by atoms with Crippen LogP contribution in [0.15, 0.2) is 27.9 Å². The number of aromatic nitrogens is 3. The van der Waals surface area contributed by atoms with E-state index in [0.717, 1.165) is 10.6 Å². The van der Waals surface area contributed by atoms with Gasteiger partial charge in [0.05, 0.1) is 30.9 Å². The van der Waals surface area contributed by atoms with Crippen LogP contribution in [0.25, 0.3) is 11.0 Å². The predicted molar refractivity (Wildman–Crippen MR) is 111 cm³/mol. The third kappa shape index (κ3) is 3.47. The molecule has 0 spiro atoms. The highest BCUT2D eigenvalue weighted by molar-refractivity contribution is 6.11. The molecule has 0 radical (unpaired) electrons. The molecule has 0 aliphatic carbocycles. The zero-order valence-corrected chi connectivity index (χ0v) is 17.4. The van der Waals surface area contributed by atoms with Crippen LogP contribution in [0.4, 0.5) is 11.4 Å². The minimum Gasteiger partial charge on any atom is -0.493 e. The van der Waals surface area contributed by atoms with Gasteiger partial charge in [0.25, 0.3) is 17.2 Å². The molecular formula is C19H19N5O7. The first-order chi connectivity index (χ1) is 14.6. The average Bonchev–Trinajstić information content (AvgIpc) is 2.76. The van der Waals surface area contributed by atoms with Crippen LogP contribution in [0.1, 0.15) is 15.9 Å². The summed E-state index contributed by atoms with van der Waals surface area (Å²) in [5.74, 6) is -0.646. The zero-order chi connectivity index (χ0) is 23.0. The van der Waals surface area contributed by atoms with Gasteiger partial charge in [0.15, 0.2) is 17.1 Å². The second kappa shape index (κ2) is 7.89. The van der Waals surface area contributed by atoms with E-state index in [1.54, 1.807) is 6.92 Å². The first kappa shape index (κ1) is 21.5. The Hall–Kier alpha value is -4.22. The van der Waals surface area contributed by atoms with Crippen LogP contribution in [0, 0.1) is 17.0 Å². The van der Waals surface area contributed by atoms with Crippen LogP contribution in [0.2, 0.25) is 0 Å². The van der Waals surface area contributed by atoms with E-state index >= 15 is 0 Å². The van der Waals surface area contributed by atoms with Gasteiger partial charge in [-0.1, -0.05) is 0 Å². The van der Waals surface area contributed by atoms with Gasteiger partial charge in [0.1, 0.15) is 10.9 Å². The van der Waals surface area contributed by atoms with E-state index in [1.165, 1.54) is 45.1 Å². The van der Waals surface area contributed by atoms with Crippen molar-refractivity contribution in [2.24, 2.45) is 14.1 Å². The van der Waals surface area contributed by atoms with E-state index in [0.29, 0.717) is 5.56 Å². The monoisotopic (exact) mass is 429 g/mol. The summed E-state index contributed by atoms with van der Waals surface area (Å²) in [5, 5.41) is 14.1. The first-order valence-corrected chi connectivity index (χ1v) is 8.89. The van der Waals surface area contributed by atoms with Crippen LogP contribution < -0.4 is 26.0 Å². The van der Waals surface area contributed by atoms with Gasteiger partial charge in [-0.3, -0.25) is 28.8 Å². The summed E-state index contributed by atoms with van der Waals surface area (Å²) in [7, 11) is 5.39. The fraction of sp³-hybridized carbons (Fsp3) is 0.263. The van der Waals surface area contributed by atoms with E-state index in [9.17, 15) is 24.5 Å². The summed E-state index contributed by atoms with van der Waals surface area (Å²) in [6.07, 6.45) is 1.39. The minimum absolute atomic E-state index is 0.001000. The van der Waals surface area contributed by atoms with Crippen LogP contribution >= 0.6 is 0 Å². The van der Waals surface area contributed by atoms with Crippen LogP contribution in [-0.4, -0.2) is 39.2 Å². The molecule has 3 rings (SSSR count). The van der Waals surface area contributed by atoms with E-state index in [-0.39, 0.29) is 33.8 Å². The van der Waals surface area contributed by atoms with Gasteiger partial charge in [-0.05, 0) is 12.5 Å². The molecule has 12 nitrogen and oxygen atoms in total. The molecule has 0 fully saturated rings. The molecule has 1 amide bonds. The van der Waals surface area contributed by atoms with Gasteiger partial charge in [-0.2, -0.15) is 0 Å². The summed E-state index contributed by atoms with van der Waals surface area (Å²) in [4.78, 5) is 52.9. The van der Waals surface area contributed by atoms with Crippen molar-refractivity contribution >= 4 is 28.3 Å². The standard InChI is InChI=1S/C19H19N5O7/c1-9-8-20-16-14(18(26)23(3)19(27)22(16)2)15(9)21-17(25)10-6-12(30-4)13(31-5)7-11(10)24(28)29/h6-8H,1-5H3,(H,20,21,25). The lowest BCUT2D eigenvalue weighted by Gasteiger charge is -2.14. The average molecular weight is 429 g/mol. The summed E-state index contributed by atoms with van der Waals surface area (Å²) in [6.45, 7) is 1.61. The van der Waals surface area contributed by atoms with E-state index < -0.39 is 27.8 Å². The molecule has 0 saturated carbocycles. The second-order valence-electron chi connectivity index (χ2n) is 6.66. The Morgan fingerprint density at radius 2 is 1.74 bits per heavy atom. The Balaban J connectivity index is 2.24. The number of hydrogen-bond donors (Lipinski definition) is 1. The number of nitrogens with zero attached hydrogens (tertiary/aromatic N) is 4. The van der Waals surface area contributed by atoms with Gasteiger partial charge in [-0.15, -0.1) is 0 Å². The third-order valence-electron chi connectivity index (χ3n) is 4.84. The zero-order valence-electron chi connectivity index (χ0n) is 17.4. The fourth-order valence-electron chi connectivity index (χ4n) is 3.17. The van der Waals surface area contributed by atoms with Crippen LogP contribution in [-0.2, 0) is 14.1 Å². The molecule has 1 N–H and O–H groups in total. The van der Waals surface area contributed by atoms with Crippen molar-refractivity contribution in [3.05, 3.63) is 60.4 Å². The molecule has 0 aliphatic heterocycles. The number of amides is 1. The van der Waals surface area contributed by atoms with E-state index in [1.807, 2.05) is 0 Å². The van der Waals surface area contributed by atoms with Crippen molar-refractivity contribution in [1.29, 1.82) is 0 Å². The molecule has 12 heteroatoms. The largest absolute Gasteiger partial charge is 0.493 e. The van der Waals surface area contributed by atoms with E-state index in [2.05, 4.69) is 10.3 Å². The lowest BCUT2D eigenvalue weighted by molar-refractivity contribution is -0.385. The maximum atomic E-state index is 13.0. The number of carbonyl (C=O) groups is 1. The molecule has 162 valence electrons. The Labute approximate surface area is 174 Å². The Morgan fingerprint density at radius 3 is 2.32 bits per heavy atom. The van der Waals surface area contributed by atoms with Crippen molar-refractivity contribution < 1.29 is 19.2 Å². The molecule has 2 heterocycles. The lowest BCUT2D eigenvalue weighted by Crippen LogP contribution is -2.37. The number of anilines is 1. The van der Waals surface area contributed by atoms with Crippen LogP contribution in [0.3, 0.4) is 0 Å². The second-order valence-corrected chi connectivity index (χ2v) is 6.66. The van der Waals surface area contributed by atoms with Crippen molar-refractivity contribution in [2.75, 3.05) is 19.5 Å². The number of fused-ring (bicyclic) bond motifs is 1. The maximum Gasteiger partial charge on any atom is 0.332 e. The summed E-state index contributed by atoms with van der Waals surface area (Å²) < 4.78 is 12.3. The normalized spacial score (nSPS) is 10.7. The number of ether oxygens (including phenoxy) is 2. The van der Waals surface area contributed by atoms with Crippen molar-refractivity contribution in [3.8, 4) is 11.5 Å². The molecule has 0 aliphatic rings. The SMILES string of the molecule is COc1cc(C(=O)Nc2c(C)cnc3c2c(=O)n(C)c(=O)n3C)c([N+](=O)[O-])cc1OC. The lowest BCUT2D eigenvalue weighted by atomic mass is 10.1. The van der Waals surface area contributed by atoms with Gasteiger partial charge in [0, 0.05) is 26.4 Å². The Morgan fingerprint density at radius 1 is 1.13 bits per heavy atom. The van der Waals surface area contributed by atoms with Gasteiger partial charge < -0.3 is 14.8 Å². The number of nitro groups is 1. The number of methoxy groups -OCH3 is 2. The highest BCUT2D eigenvalue weighted by atomic mass is 16.6. The number of hydrogen-bond acceptors (Lipinski definition) is 8. The molecule has 31 heavy (non-hydrogen) atoms. The first-order valence-electron chi connectivity index (χ1n) is 8.89. The molecule has 3 aromatic rings. The number of nitro benzene ring substituents is 1. The van der Waals surface area contributed by atoms with Gasteiger partial charge in [0.2, 0.25) is 0 Å². The molecule has 0 saturated heterocycles. The predicted octanol–water partition coefficient (Wildman–Crippen LogP) is 1.12. The smallest absolute Gasteiger partial charge is 0.332 e. The maximum absolute atomic E-state index is 13.0. The number of pyridine rings is 1. The number of nitrogens with one attached hydrogen (secondary N) is 1. The molecule has 0 bridgehead atoms. The summed E-state index contributed by atoms with van der Waals surface area (Å²) in [5.41, 5.74) is -1.46. The van der Waals surface area contributed by atoms with Crippen LogP contribution in [0.5, 0.6) is 11.5 Å². The third-order valence-corrected chi connectivity index (χ3v) is 4.84. The van der Waals surface area contributed by atoms with Crippen molar-refractivity contribution in [3.63, 3.8) is 0 Å². The number of carbonyl (C=O) groups excluding carboxylic acids is 1. The van der Waals surface area contributed by atoms with Gasteiger partial charge >= 0.3 is 5.69 Å². The van der Waals surface area contributed by atoms with Crippen molar-refractivity contribution in [1.82, 2.24) is 14.1 Å². The number of aryl methyl sites for hydroxylation is 2. The summed E-state index contributed by atoms with van der Waals surface area (Å²) >= 11 is 0. The number of benzene rings is 1. The molecular weight excluding hydrogens is 410 g/mol. The molecule has 0 unspecified atom stereocenters. The minimum atomic E-state index is -0.848.